The van der Waals surface area contributed by atoms with E-state index in [4.69, 9.17) is 0 Å². The quantitative estimate of drug-likeness (QED) is 0.928. The van der Waals surface area contributed by atoms with Gasteiger partial charge in [0.05, 0.1) is 5.56 Å². The molecule has 0 spiro atoms. The van der Waals surface area contributed by atoms with Crippen LogP contribution >= 0.6 is 0 Å². The third-order valence-corrected chi connectivity index (χ3v) is 3.02. The van der Waals surface area contributed by atoms with Gasteiger partial charge in [-0.3, -0.25) is 9.78 Å². The Balaban J connectivity index is 2.13. The molecule has 2 aromatic rings. The van der Waals surface area contributed by atoms with Gasteiger partial charge in [-0.2, -0.15) is 0 Å². The first-order valence-electron chi connectivity index (χ1n) is 6.54. The molecule has 4 heteroatoms. The van der Waals surface area contributed by atoms with Crippen molar-refractivity contribution in [1.29, 1.82) is 0 Å². The summed E-state index contributed by atoms with van der Waals surface area (Å²) in [5, 5.41) is 3.30. The van der Waals surface area contributed by atoms with Gasteiger partial charge in [0, 0.05) is 38.2 Å². The summed E-state index contributed by atoms with van der Waals surface area (Å²) in [6.45, 7) is 2.60. The summed E-state index contributed by atoms with van der Waals surface area (Å²) < 4.78 is 0. The van der Waals surface area contributed by atoms with Crippen molar-refractivity contribution in [1.82, 2.24) is 9.88 Å². The maximum atomic E-state index is 12.1. The van der Waals surface area contributed by atoms with Gasteiger partial charge in [-0.05, 0) is 30.7 Å². The van der Waals surface area contributed by atoms with E-state index in [1.165, 1.54) is 0 Å². The number of carbonyl (C=O) groups excluding carboxylic acids is 1. The number of anilines is 1. The topological polar surface area (TPSA) is 45.2 Å². The highest BCUT2D eigenvalue weighted by Gasteiger charge is 2.12. The molecular weight excluding hydrogens is 250 g/mol. The van der Waals surface area contributed by atoms with Crippen molar-refractivity contribution in [2.75, 3.05) is 19.4 Å². The van der Waals surface area contributed by atoms with E-state index >= 15 is 0 Å². The number of pyridine rings is 1. The SMILES string of the molecule is Cc1ccc(CNc2ccccc2C(=O)N(C)C)cn1. The van der Waals surface area contributed by atoms with E-state index in [0.717, 1.165) is 16.9 Å². The summed E-state index contributed by atoms with van der Waals surface area (Å²) in [6, 6.07) is 11.5. The molecule has 4 nitrogen and oxygen atoms in total. The maximum Gasteiger partial charge on any atom is 0.255 e. The van der Waals surface area contributed by atoms with Crippen molar-refractivity contribution in [3.8, 4) is 0 Å². The zero-order valence-electron chi connectivity index (χ0n) is 12.1. The van der Waals surface area contributed by atoms with Crippen LogP contribution in [0.5, 0.6) is 0 Å². The molecule has 1 aromatic carbocycles. The van der Waals surface area contributed by atoms with Crippen LogP contribution in [0.4, 0.5) is 5.69 Å². The second kappa shape index (κ2) is 6.19. The third-order valence-electron chi connectivity index (χ3n) is 3.02. The van der Waals surface area contributed by atoms with Gasteiger partial charge in [-0.1, -0.05) is 18.2 Å². The van der Waals surface area contributed by atoms with Gasteiger partial charge in [0.1, 0.15) is 0 Å². The maximum absolute atomic E-state index is 12.1. The van der Waals surface area contributed by atoms with Crippen molar-refractivity contribution < 1.29 is 4.79 Å². The Bertz CT molecular complexity index is 591. The number of para-hydroxylation sites is 1. The van der Waals surface area contributed by atoms with E-state index in [1.54, 1.807) is 19.0 Å². The van der Waals surface area contributed by atoms with Crippen molar-refractivity contribution >= 4 is 11.6 Å². The molecule has 0 bridgehead atoms. The van der Waals surface area contributed by atoms with E-state index in [9.17, 15) is 4.79 Å². The molecule has 0 unspecified atom stereocenters. The first-order valence-corrected chi connectivity index (χ1v) is 6.54. The van der Waals surface area contributed by atoms with Crippen molar-refractivity contribution in [3.05, 3.63) is 59.4 Å². The van der Waals surface area contributed by atoms with Crippen molar-refractivity contribution in [2.24, 2.45) is 0 Å². The molecule has 0 aliphatic carbocycles. The Kier molecular flexibility index (Phi) is 4.35. The number of carbonyl (C=O) groups is 1. The Morgan fingerprint density at radius 2 is 1.95 bits per heavy atom. The van der Waals surface area contributed by atoms with Crippen LogP contribution in [0.2, 0.25) is 0 Å². The second-order valence-corrected chi connectivity index (χ2v) is 4.91. The van der Waals surface area contributed by atoms with Crippen LogP contribution < -0.4 is 5.32 Å². The molecule has 0 aliphatic rings. The third kappa shape index (κ3) is 3.35. The molecule has 0 atom stereocenters. The molecule has 104 valence electrons. The smallest absolute Gasteiger partial charge is 0.255 e. The molecule has 1 amide bonds. The van der Waals surface area contributed by atoms with Gasteiger partial charge in [-0.25, -0.2) is 0 Å². The molecular formula is C16H19N3O. The number of aromatic nitrogens is 1. The molecule has 20 heavy (non-hydrogen) atoms. The summed E-state index contributed by atoms with van der Waals surface area (Å²) in [5.74, 6) is -0.00451. The highest BCUT2D eigenvalue weighted by Crippen LogP contribution is 2.17. The lowest BCUT2D eigenvalue weighted by Gasteiger charge is -2.15. The average molecular weight is 269 g/mol. The molecule has 0 radical (unpaired) electrons. The minimum atomic E-state index is -0.00451. The van der Waals surface area contributed by atoms with Crippen LogP contribution in [0.15, 0.2) is 42.6 Å². The fourth-order valence-corrected chi connectivity index (χ4v) is 1.86. The number of nitrogens with zero attached hydrogens (tertiary/aromatic N) is 2. The van der Waals surface area contributed by atoms with Crippen molar-refractivity contribution in [2.45, 2.75) is 13.5 Å². The largest absolute Gasteiger partial charge is 0.380 e. The number of rotatable bonds is 4. The van der Waals surface area contributed by atoms with Crippen LogP contribution in [-0.4, -0.2) is 29.9 Å². The molecule has 0 saturated heterocycles. The number of nitrogens with one attached hydrogen (secondary N) is 1. The fourth-order valence-electron chi connectivity index (χ4n) is 1.86. The molecule has 2 rings (SSSR count). The number of aryl methyl sites for hydroxylation is 1. The summed E-state index contributed by atoms with van der Waals surface area (Å²) >= 11 is 0. The van der Waals surface area contributed by atoms with Gasteiger partial charge in [0.25, 0.3) is 5.91 Å². The minimum absolute atomic E-state index is 0.00451. The highest BCUT2D eigenvalue weighted by molar-refractivity contribution is 5.99. The monoisotopic (exact) mass is 269 g/mol. The van der Waals surface area contributed by atoms with E-state index in [2.05, 4.69) is 10.3 Å². The van der Waals surface area contributed by atoms with Gasteiger partial charge in [0.15, 0.2) is 0 Å². The lowest BCUT2D eigenvalue weighted by Crippen LogP contribution is -2.22. The highest BCUT2D eigenvalue weighted by atomic mass is 16.2. The Morgan fingerprint density at radius 1 is 1.20 bits per heavy atom. The van der Waals surface area contributed by atoms with Gasteiger partial charge in [-0.15, -0.1) is 0 Å². The summed E-state index contributed by atoms with van der Waals surface area (Å²) in [5.41, 5.74) is 3.60. The number of hydrogen-bond acceptors (Lipinski definition) is 3. The fraction of sp³-hybridized carbons (Fsp3) is 0.250. The van der Waals surface area contributed by atoms with Gasteiger partial charge < -0.3 is 10.2 Å². The molecule has 0 aliphatic heterocycles. The minimum Gasteiger partial charge on any atom is -0.380 e. The lowest BCUT2D eigenvalue weighted by atomic mass is 10.1. The van der Waals surface area contributed by atoms with E-state index in [1.807, 2.05) is 49.5 Å². The number of amides is 1. The zero-order valence-corrected chi connectivity index (χ0v) is 12.1. The van der Waals surface area contributed by atoms with E-state index in [-0.39, 0.29) is 5.91 Å². The van der Waals surface area contributed by atoms with E-state index < -0.39 is 0 Å². The summed E-state index contributed by atoms with van der Waals surface area (Å²) in [4.78, 5) is 17.9. The summed E-state index contributed by atoms with van der Waals surface area (Å²) in [7, 11) is 3.51. The van der Waals surface area contributed by atoms with Gasteiger partial charge in [0.2, 0.25) is 0 Å². The van der Waals surface area contributed by atoms with Crippen LogP contribution in [0, 0.1) is 6.92 Å². The first kappa shape index (κ1) is 14.1. The second-order valence-electron chi connectivity index (χ2n) is 4.91. The zero-order chi connectivity index (χ0) is 14.5. The van der Waals surface area contributed by atoms with Crippen LogP contribution in [0.25, 0.3) is 0 Å². The molecule has 0 fully saturated rings. The normalized spacial score (nSPS) is 10.2. The number of hydrogen-bond donors (Lipinski definition) is 1. The van der Waals surface area contributed by atoms with Crippen LogP contribution in [0.3, 0.4) is 0 Å². The lowest BCUT2D eigenvalue weighted by molar-refractivity contribution is 0.0828. The molecule has 1 aromatic heterocycles. The molecule has 0 saturated carbocycles. The predicted molar refractivity (Wildman–Crippen MR) is 80.8 cm³/mol. The Hall–Kier alpha value is -2.36. The summed E-state index contributed by atoms with van der Waals surface area (Å²) in [6.07, 6.45) is 1.85. The molecule has 1 heterocycles. The predicted octanol–water partition coefficient (Wildman–Crippen LogP) is 2.70. The molecule has 1 N–H and O–H groups in total. The first-order chi connectivity index (χ1) is 9.58. The average Bonchev–Trinajstić information content (AvgIpc) is 2.46. The van der Waals surface area contributed by atoms with Crippen LogP contribution in [0.1, 0.15) is 21.6 Å². The Labute approximate surface area is 119 Å². The Morgan fingerprint density at radius 3 is 2.60 bits per heavy atom. The van der Waals surface area contributed by atoms with Gasteiger partial charge >= 0.3 is 0 Å². The van der Waals surface area contributed by atoms with Crippen molar-refractivity contribution in [3.63, 3.8) is 0 Å². The standard InChI is InChI=1S/C16H19N3O/c1-12-8-9-13(10-17-12)11-18-15-7-5-4-6-14(15)16(20)19(2)3/h4-10,18H,11H2,1-3H3. The van der Waals surface area contributed by atoms with Crippen LogP contribution in [-0.2, 0) is 6.54 Å². The number of benzene rings is 1. The van der Waals surface area contributed by atoms with E-state index in [0.29, 0.717) is 12.1 Å².